The van der Waals surface area contributed by atoms with Gasteiger partial charge in [-0.1, -0.05) is 12.1 Å². The summed E-state index contributed by atoms with van der Waals surface area (Å²) in [7, 11) is 1.60. The Balaban J connectivity index is 1.33. The van der Waals surface area contributed by atoms with E-state index in [2.05, 4.69) is 15.6 Å². The highest BCUT2D eigenvalue weighted by atomic mass is 16.6. The van der Waals surface area contributed by atoms with Crippen molar-refractivity contribution in [3.8, 4) is 17.2 Å². The van der Waals surface area contributed by atoms with Crippen LogP contribution in [0.1, 0.15) is 32.7 Å². The van der Waals surface area contributed by atoms with E-state index in [9.17, 15) is 9.59 Å². The van der Waals surface area contributed by atoms with E-state index in [-0.39, 0.29) is 23.5 Å². The fourth-order valence-electron chi connectivity index (χ4n) is 3.65. The Labute approximate surface area is 177 Å². The summed E-state index contributed by atoms with van der Waals surface area (Å²) in [5.74, 6) is 1.43. The summed E-state index contributed by atoms with van der Waals surface area (Å²) in [4.78, 5) is 29.5. The molecule has 0 saturated heterocycles. The number of methoxy groups -OCH3 is 1. The number of imidazole rings is 1. The number of nitrogens with zero attached hydrogens (tertiary/aromatic N) is 2. The average molecular weight is 420 g/mol. The molecule has 0 saturated carbocycles. The molecule has 158 valence electrons. The predicted molar refractivity (Wildman–Crippen MR) is 111 cm³/mol. The molecule has 9 nitrogen and oxygen atoms in total. The molecule has 3 heterocycles. The Morgan fingerprint density at radius 1 is 1.16 bits per heavy atom. The number of amides is 2. The number of nitrogens with one attached hydrogen (secondary N) is 2. The van der Waals surface area contributed by atoms with Gasteiger partial charge in [-0.05, 0) is 29.8 Å². The van der Waals surface area contributed by atoms with Crippen molar-refractivity contribution in [3.05, 3.63) is 65.7 Å². The van der Waals surface area contributed by atoms with Crippen LogP contribution in [0.5, 0.6) is 17.2 Å². The first kappa shape index (κ1) is 19.0. The molecule has 0 radical (unpaired) electrons. The van der Waals surface area contributed by atoms with Crippen LogP contribution >= 0.6 is 0 Å². The number of carbonyl (C=O) groups is 2. The fourth-order valence-corrected chi connectivity index (χ4v) is 3.65. The second-order valence-electron chi connectivity index (χ2n) is 7.21. The summed E-state index contributed by atoms with van der Waals surface area (Å²) in [6.45, 7) is 1.43. The number of fused-ring (bicyclic) bond motifs is 2. The van der Waals surface area contributed by atoms with Gasteiger partial charge in [-0.3, -0.25) is 9.59 Å². The third-order valence-corrected chi connectivity index (χ3v) is 5.22. The summed E-state index contributed by atoms with van der Waals surface area (Å²) in [5, 5.41) is 5.73. The minimum atomic E-state index is -0.410. The van der Waals surface area contributed by atoms with Crippen molar-refractivity contribution in [1.29, 1.82) is 0 Å². The van der Waals surface area contributed by atoms with Crippen LogP contribution in [0.25, 0.3) is 0 Å². The molecule has 5 rings (SSSR count). The van der Waals surface area contributed by atoms with Gasteiger partial charge in [-0.25, -0.2) is 4.98 Å². The second kappa shape index (κ2) is 7.67. The van der Waals surface area contributed by atoms with Gasteiger partial charge in [0, 0.05) is 24.5 Å². The summed E-state index contributed by atoms with van der Waals surface area (Å²) < 4.78 is 17.9. The minimum Gasteiger partial charge on any atom is -0.497 e. The zero-order valence-electron chi connectivity index (χ0n) is 16.8. The van der Waals surface area contributed by atoms with Crippen LogP contribution in [-0.4, -0.2) is 41.7 Å². The maximum absolute atomic E-state index is 12.7. The number of hydrogen-bond acceptors (Lipinski definition) is 6. The Kier molecular flexibility index (Phi) is 4.70. The molecule has 2 aliphatic heterocycles. The molecule has 2 amide bonds. The quantitative estimate of drug-likeness (QED) is 0.672. The zero-order chi connectivity index (χ0) is 21.4. The zero-order valence-corrected chi connectivity index (χ0v) is 16.8. The molecule has 0 fully saturated rings. The summed E-state index contributed by atoms with van der Waals surface area (Å²) in [5.41, 5.74) is 1.66. The first-order valence-electron chi connectivity index (χ1n) is 9.84. The van der Waals surface area contributed by atoms with Crippen LogP contribution < -0.4 is 24.8 Å². The van der Waals surface area contributed by atoms with Crippen molar-refractivity contribution in [2.24, 2.45) is 0 Å². The lowest BCUT2D eigenvalue weighted by atomic mass is 10.1. The van der Waals surface area contributed by atoms with Gasteiger partial charge in [0.2, 0.25) is 0 Å². The van der Waals surface area contributed by atoms with E-state index in [4.69, 9.17) is 14.2 Å². The molecule has 0 bridgehead atoms. The molecule has 31 heavy (non-hydrogen) atoms. The van der Waals surface area contributed by atoms with E-state index >= 15 is 0 Å². The van der Waals surface area contributed by atoms with Crippen LogP contribution in [0.15, 0.2) is 48.7 Å². The molecule has 1 unspecified atom stereocenters. The molecule has 2 N–H and O–H groups in total. The number of anilines is 1. The third kappa shape index (κ3) is 3.65. The summed E-state index contributed by atoms with van der Waals surface area (Å²) in [6, 6.07) is 12.4. The maximum atomic E-state index is 12.7. The van der Waals surface area contributed by atoms with Crippen LogP contribution in [0.3, 0.4) is 0 Å². The molecule has 1 aromatic heterocycles. The predicted octanol–water partition coefficient (Wildman–Crippen LogP) is 2.40. The van der Waals surface area contributed by atoms with Crippen molar-refractivity contribution in [3.63, 3.8) is 0 Å². The minimum absolute atomic E-state index is 0.162. The lowest BCUT2D eigenvalue weighted by Crippen LogP contribution is -2.38. The van der Waals surface area contributed by atoms with Gasteiger partial charge < -0.3 is 29.4 Å². The highest BCUT2D eigenvalue weighted by molar-refractivity contribution is 6.04. The molecule has 0 spiro atoms. The molecule has 2 aliphatic rings. The van der Waals surface area contributed by atoms with Gasteiger partial charge in [-0.2, -0.15) is 0 Å². The second-order valence-corrected chi connectivity index (χ2v) is 7.21. The first-order valence-corrected chi connectivity index (χ1v) is 9.84. The lowest BCUT2D eigenvalue weighted by Gasteiger charge is -2.25. The summed E-state index contributed by atoms with van der Waals surface area (Å²) >= 11 is 0. The number of benzene rings is 2. The van der Waals surface area contributed by atoms with Gasteiger partial charge in [-0.15, -0.1) is 0 Å². The van der Waals surface area contributed by atoms with E-state index in [1.54, 1.807) is 36.1 Å². The van der Waals surface area contributed by atoms with E-state index in [1.807, 2.05) is 24.3 Å². The van der Waals surface area contributed by atoms with Crippen LogP contribution in [0, 0.1) is 0 Å². The molecular weight excluding hydrogens is 400 g/mol. The highest BCUT2D eigenvalue weighted by Crippen LogP contribution is 2.32. The third-order valence-electron chi connectivity index (χ3n) is 5.22. The fraction of sp³-hybridized carbons (Fsp3) is 0.227. The van der Waals surface area contributed by atoms with Gasteiger partial charge in [0.15, 0.2) is 17.3 Å². The molecule has 2 aromatic carbocycles. The van der Waals surface area contributed by atoms with Crippen LogP contribution in [0.4, 0.5) is 5.69 Å². The number of ether oxygens (including phenoxy) is 3. The Bertz CT molecular complexity index is 1160. The standard InChI is InChI=1S/C22H20N4O5/c1-29-15-5-2-13(3-6-15)16-11-26-12-17(24-20(26)22(28)25-16)21(27)23-14-4-7-18-19(10-14)31-9-8-30-18/h2-7,10,12,16H,8-9,11H2,1H3,(H,23,27)(H,25,28). The Morgan fingerprint density at radius 3 is 2.71 bits per heavy atom. The van der Waals surface area contributed by atoms with Crippen molar-refractivity contribution < 1.29 is 23.8 Å². The molecule has 9 heteroatoms. The van der Waals surface area contributed by atoms with E-state index in [0.717, 1.165) is 11.3 Å². The Morgan fingerprint density at radius 2 is 1.94 bits per heavy atom. The van der Waals surface area contributed by atoms with E-state index < -0.39 is 5.91 Å². The van der Waals surface area contributed by atoms with Gasteiger partial charge in [0.1, 0.15) is 24.7 Å². The van der Waals surface area contributed by atoms with Gasteiger partial charge >= 0.3 is 0 Å². The molecule has 3 aromatic rings. The topological polar surface area (TPSA) is 104 Å². The monoisotopic (exact) mass is 420 g/mol. The molecular formula is C22H20N4O5. The first-order chi connectivity index (χ1) is 15.1. The van der Waals surface area contributed by atoms with Crippen molar-refractivity contribution in [2.75, 3.05) is 25.6 Å². The van der Waals surface area contributed by atoms with Gasteiger partial charge in [0.25, 0.3) is 11.8 Å². The van der Waals surface area contributed by atoms with E-state index in [1.165, 1.54) is 0 Å². The SMILES string of the molecule is COc1ccc(C2Cn3cc(C(=O)Nc4ccc5c(c4)OCCO5)nc3C(=O)N2)cc1. The van der Waals surface area contributed by atoms with E-state index in [0.29, 0.717) is 36.9 Å². The average Bonchev–Trinajstić information content (AvgIpc) is 3.24. The number of rotatable bonds is 4. The largest absolute Gasteiger partial charge is 0.497 e. The van der Waals surface area contributed by atoms with Crippen molar-refractivity contribution >= 4 is 17.5 Å². The van der Waals surface area contributed by atoms with Gasteiger partial charge in [0.05, 0.1) is 13.2 Å². The highest BCUT2D eigenvalue weighted by Gasteiger charge is 2.29. The van der Waals surface area contributed by atoms with Crippen LogP contribution in [0.2, 0.25) is 0 Å². The Hall–Kier alpha value is -4.01. The normalized spacial score (nSPS) is 16.8. The lowest BCUT2D eigenvalue weighted by molar-refractivity contribution is 0.0894. The maximum Gasteiger partial charge on any atom is 0.287 e. The molecule has 1 atom stereocenters. The molecule has 0 aliphatic carbocycles. The van der Waals surface area contributed by atoms with Crippen molar-refractivity contribution in [2.45, 2.75) is 12.6 Å². The smallest absolute Gasteiger partial charge is 0.287 e. The van der Waals surface area contributed by atoms with Crippen LogP contribution in [-0.2, 0) is 6.54 Å². The number of carbonyl (C=O) groups excluding carboxylic acids is 2. The summed E-state index contributed by atoms with van der Waals surface area (Å²) in [6.07, 6.45) is 1.60. The number of hydrogen-bond donors (Lipinski definition) is 2. The van der Waals surface area contributed by atoms with Crippen molar-refractivity contribution in [1.82, 2.24) is 14.9 Å². The number of aromatic nitrogens is 2.